The maximum absolute atomic E-state index is 12.3. The third-order valence-corrected chi connectivity index (χ3v) is 1.52. The number of halogens is 1. The van der Waals surface area contributed by atoms with Gasteiger partial charge in [0.15, 0.2) is 0 Å². The third kappa shape index (κ3) is 7.03. The predicted molar refractivity (Wildman–Crippen MR) is 55.5 cm³/mol. The first kappa shape index (κ1) is 14.7. The van der Waals surface area contributed by atoms with Gasteiger partial charge in [-0.15, -0.1) is 0 Å². The molecule has 0 aliphatic rings. The number of ether oxygens (including phenoxy) is 2. The van der Waals surface area contributed by atoms with Gasteiger partial charge in [-0.2, -0.15) is 0 Å². The molecule has 0 radical (unpaired) electrons. The Balaban J connectivity index is 3.67. The largest absolute Gasteiger partial charge is 0.427 e. The maximum Gasteiger partial charge on any atom is 0.410 e. The van der Waals surface area contributed by atoms with E-state index in [0.29, 0.717) is 0 Å². The Hall–Kier alpha value is -1.33. The van der Waals surface area contributed by atoms with E-state index in [-0.39, 0.29) is 6.54 Å². The van der Waals surface area contributed by atoms with E-state index in [2.05, 4.69) is 14.8 Å². The molecule has 0 spiro atoms. The number of amides is 1. The molecule has 0 aliphatic heterocycles. The lowest BCUT2D eigenvalue weighted by atomic mass is 9.98. The third-order valence-electron chi connectivity index (χ3n) is 1.52. The van der Waals surface area contributed by atoms with Crippen molar-refractivity contribution in [2.45, 2.75) is 33.9 Å². The number of hydrogen-bond acceptors (Lipinski definition) is 4. The van der Waals surface area contributed by atoms with E-state index >= 15 is 0 Å². The highest BCUT2D eigenvalue weighted by atomic mass is 19.1. The summed E-state index contributed by atoms with van der Waals surface area (Å²) in [7, 11) is 0. The van der Waals surface area contributed by atoms with Crippen LogP contribution in [0.4, 0.5) is 9.18 Å². The first-order valence-corrected chi connectivity index (χ1v) is 4.95. The van der Waals surface area contributed by atoms with Crippen molar-refractivity contribution in [2.24, 2.45) is 5.41 Å². The van der Waals surface area contributed by atoms with Gasteiger partial charge >= 0.3 is 12.1 Å². The van der Waals surface area contributed by atoms with E-state index in [0.717, 1.165) is 0 Å². The first-order chi connectivity index (χ1) is 7.23. The highest BCUT2D eigenvalue weighted by Crippen LogP contribution is 2.14. The van der Waals surface area contributed by atoms with Crippen molar-refractivity contribution in [1.29, 1.82) is 0 Å². The fraction of sp³-hybridized carbons (Fsp3) is 0.800. The van der Waals surface area contributed by atoms with E-state index in [1.54, 1.807) is 20.8 Å². The van der Waals surface area contributed by atoms with Gasteiger partial charge in [0, 0.05) is 0 Å². The Kier molecular flexibility index (Phi) is 5.77. The fourth-order valence-corrected chi connectivity index (χ4v) is 0.628. The van der Waals surface area contributed by atoms with Gasteiger partial charge < -0.3 is 14.8 Å². The Morgan fingerprint density at radius 2 is 1.88 bits per heavy atom. The zero-order chi connectivity index (χ0) is 12.8. The first-order valence-electron chi connectivity index (χ1n) is 4.95. The molecule has 1 atom stereocenters. The van der Waals surface area contributed by atoms with Crippen LogP contribution in [0.2, 0.25) is 0 Å². The molecule has 5 nitrogen and oxygen atoms in total. The molecule has 0 fully saturated rings. The van der Waals surface area contributed by atoms with E-state index in [1.165, 1.54) is 6.92 Å². The predicted octanol–water partition coefficient (Wildman–Crippen LogP) is 1.62. The van der Waals surface area contributed by atoms with Crippen LogP contribution >= 0.6 is 0 Å². The van der Waals surface area contributed by atoms with Crippen molar-refractivity contribution in [2.75, 3.05) is 13.3 Å². The summed E-state index contributed by atoms with van der Waals surface area (Å²) in [5.74, 6) is -0.473. The van der Waals surface area contributed by atoms with Crippen molar-refractivity contribution in [3.63, 3.8) is 0 Å². The minimum Gasteiger partial charge on any atom is -0.427 e. The molecule has 6 heteroatoms. The van der Waals surface area contributed by atoms with Gasteiger partial charge in [-0.1, -0.05) is 0 Å². The van der Waals surface area contributed by atoms with Crippen LogP contribution in [0.1, 0.15) is 27.7 Å². The van der Waals surface area contributed by atoms with Gasteiger partial charge in [-0.3, -0.25) is 4.79 Å². The molecule has 0 aromatic rings. The number of hydrogen-bond donors (Lipinski definition) is 1. The zero-order valence-corrected chi connectivity index (χ0v) is 10.0. The van der Waals surface area contributed by atoms with Gasteiger partial charge in [-0.25, -0.2) is 9.18 Å². The molecular weight excluding hydrogens is 217 g/mol. The number of carbonyl (C=O) groups is 2. The quantitative estimate of drug-likeness (QED) is 0.594. The Morgan fingerprint density at radius 1 is 1.31 bits per heavy atom. The van der Waals surface area contributed by atoms with Gasteiger partial charge in [0.1, 0.15) is 6.17 Å². The summed E-state index contributed by atoms with van der Waals surface area (Å²) in [5, 5.41) is 2.17. The topological polar surface area (TPSA) is 64.6 Å². The Labute approximate surface area is 94.3 Å². The fourth-order valence-electron chi connectivity index (χ4n) is 0.628. The van der Waals surface area contributed by atoms with Crippen molar-refractivity contribution >= 4 is 12.1 Å². The summed E-state index contributed by atoms with van der Waals surface area (Å²) in [4.78, 5) is 22.1. The molecule has 0 unspecified atom stereocenters. The number of alkyl halides is 1. The SMILES string of the molecule is C[C@@H](F)CNC(=O)OCOC(=O)C(C)(C)C. The summed E-state index contributed by atoms with van der Waals surface area (Å²) in [6, 6.07) is 0. The molecule has 1 amide bonds. The number of rotatable bonds is 4. The standard InChI is InChI=1S/C10H18FNO4/c1-7(11)5-12-9(14)16-6-15-8(13)10(2,3)4/h7H,5-6H2,1-4H3,(H,12,14)/t7-/m1/s1. The number of esters is 1. The van der Waals surface area contributed by atoms with E-state index < -0.39 is 30.4 Å². The van der Waals surface area contributed by atoms with Gasteiger partial charge in [-0.05, 0) is 27.7 Å². The molecule has 0 saturated carbocycles. The Morgan fingerprint density at radius 3 is 2.31 bits per heavy atom. The molecule has 0 saturated heterocycles. The zero-order valence-electron chi connectivity index (χ0n) is 10.0. The highest BCUT2D eigenvalue weighted by molar-refractivity contribution is 5.75. The molecule has 94 valence electrons. The molecular formula is C10H18FNO4. The summed E-state index contributed by atoms with van der Waals surface area (Å²) in [6.45, 7) is 5.75. The minimum absolute atomic E-state index is 0.133. The van der Waals surface area contributed by atoms with Crippen LogP contribution in [0.3, 0.4) is 0 Å². The van der Waals surface area contributed by atoms with Crippen LogP contribution in [0.5, 0.6) is 0 Å². The van der Waals surface area contributed by atoms with Crippen LogP contribution < -0.4 is 5.32 Å². The lowest BCUT2D eigenvalue weighted by molar-refractivity contribution is -0.161. The summed E-state index contributed by atoms with van der Waals surface area (Å²) < 4.78 is 21.5. The van der Waals surface area contributed by atoms with E-state index in [4.69, 9.17) is 0 Å². The summed E-state index contributed by atoms with van der Waals surface area (Å²) >= 11 is 0. The van der Waals surface area contributed by atoms with E-state index in [9.17, 15) is 14.0 Å². The molecule has 16 heavy (non-hydrogen) atoms. The maximum atomic E-state index is 12.3. The normalized spacial score (nSPS) is 12.8. The van der Waals surface area contributed by atoms with Gasteiger partial charge in [0.25, 0.3) is 0 Å². The summed E-state index contributed by atoms with van der Waals surface area (Å²) in [5.41, 5.74) is -0.646. The molecule has 0 bridgehead atoms. The molecule has 0 aliphatic carbocycles. The van der Waals surface area contributed by atoms with Crippen molar-refractivity contribution < 1.29 is 23.5 Å². The second kappa shape index (κ2) is 6.30. The Bertz CT molecular complexity index is 248. The molecule has 0 aromatic carbocycles. The van der Waals surface area contributed by atoms with Gasteiger partial charge in [0.05, 0.1) is 12.0 Å². The average molecular weight is 235 g/mol. The highest BCUT2D eigenvalue weighted by Gasteiger charge is 2.23. The average Bonchev–Trinajstić information content (AvgIpc) is 2.13. The molecule has 0 heterocycles. The number of alkyl carbamates (subject to hydrolysis) is 1. The minimum atomic E-state index is -1.15. The smallest absolute Gasteiger partial charge is 0.410 e. The molecule has 1 N–H and O–H groups in total. The van der Waals surface area contributed by atoms with Crippen LogP contribution in [0, 0.1) is 5.41 Å². The van der Waals surface area contributed by atoms with Gasteiger partial charge in [0.2, 0.25) is 6.79 Å². The van der Waals surface area contributed by atoms with Crippen molar-refractivity contribution in [1.82, 2.24) is 5.32 Å². The monoisotopic (exact) mass is 235 g/mol. The second-order valence-electron chi connectivity index (χ2n) is 4.39. The number of nitrogens with one attached hydrogen (secondary N) is 1. The van der Waals surface area contributed by atoms with Crippen LogP contribution in [-0.4, -0.2) is 31.6 Å². The van der Waals surface area contributed by atoms with Crippen LogP contribution in [-0.2, 0) is 14.3 Å². The molecule has 0 aromatic heterocycles. The van der Waals surface area contributed by atoms with Crippen molar-refractivity contribution in [3.8, 4) is 0 Å². The van der Waals surface area contributed by atoms with Crippen LogP contribution in [0.25, 0.3) is 0 Å². The lowest BCUT2D eigenvalue weighted by Gasteiger charge is -2.16. The molecule has 0 rings (SSSR count). The number of carbonyl (C=O) groups excluding carboxylic acids is 2. The lowest BCUT2D eigenvalue weighted by Crippen LogP contribution is -2.31. The summed E-state index contributed by atoms with van der Waals surface area (Å²) in [6.07, 6.45) is -1.96. The van der Waals surface area contributed by atoms with Crippen molar-refractivity contribution in [3.05, 3.63) is 0 Å². The van der Waals surface area contributed by atoms with E-state index in [1.807, 2.05) is 0 Å². The second-order valence-corrected chi connectivity index (χ2v) is 4.39. The van der Waals surface area contributed by atoms with Crippen LogP contribution in [0.15, 0.2) is 0 Å².